The molecule has 1 N–H and O–H groups in total. The molecule has 0 radical (unpaired) electrons. The molecule has 3 rings (SSSR count). The molecule has 1 unspecified atom stereocenters. The van der Waals surface area contributed by atoms with Gasteiger partial charge in [0.15, 0.2) is 5.69 Å². The Morgan fingerprint density at radius 3 is 2.47 bits per heavy atom. The highest BCUT2D eigenvalue weighted by Gasteiger charge is 2.18. The van der Waals surface area contributed by atoms with Crippen molar-refractivity contribution in [1.82, 2.24) is 15.1 Å². The van der Waals surface area contributed by atoms with Crippen LogP contribution in [0.3, 0.4) is 0 Å². The molecule has 1 atom stereocenters. The van der Waals surface area contributed by atoms with Crippen molar-refractivity contribution >= 4 is 11.6 Å². The molecule has 0 spiro atoms. The van der Waals surface area contributed by atoms with Crippen LogP contribution in [0.25, 0.3) is 5.69 Å². The summed E-state index contributed by atoms with van der Waals surface area (Å²) >= 11 is 0. The molecule has 30 heavy (non-hydrogen) atoms. The number of nitro benzene ring substituents is 1. The fraction of sp³-hybridized carbons (Fsp3) is 0.273. The van der Waals surface area contributed by atoms with Crippen molar-refractivity contribution in [2.24, 2.45) is 0 Å². The fourth-order valence-corrected chi connectivity index (χ4v) is 3.11. The van der Waals surface area contributed by atoms with E-state index in [0.717, 1.165) is 30.6 Å². The molecule has 1 aromatic heterocycles. The third-order valence-electron chi connectivity index (χ3n) is 4.82. The zero-order valence-corrected chi connectivity index (χ0v) is 16.9. The number of nitro groups is 1. The Morgan fingerprint density at radius 2 is 1.87 bits per heavy atom. The molecule has 0 saturated heterocycles. The summed E-state index contributed by atoms with van der Waals surface area (Å²) in [4.78, 5) is 23.1. The van der Waals surface area contributed by atoms with Crippen LogP contribution < -0.4 is 10.1 Å². The summed E-state index contributed by atoms with van der Waals surface area (Å²) in [5.41, 5.74) is 1.93. The lowest BCUT2D eigenvalue weighted by molar-refractivity contribution is -0.384. The minimum absolute atomic E-state index is 0.00197. The molecular weight excluding hydrogens is 384 g/mol. The van der Waals surface area contributed by atoms with Gasteiger partial charge in [0, 0.05) is 18.3 Å². The first kappa shape index (κ1) is 21.0. The van der Waals surface area contributed by atoms with Crippen molar-refractivity contribution in [1.29, 1.82) is 0 Å². The van der Waals surface area contributed by atoms with Crippen LogP contribution in [0.15, 0.2) is 60.8 Å². The number of nitrogens with one attached hydrogen (secondary N) is 1. The topological polar surface area (TPSA) is 99.3 Å². The van der Waals surface area contributed by atoms with Crippen molar-refractivity contribution < 1.29 is 14.5 Å². The number of methoxy groups -OCH3 is 1. The number of ether oxygens (including phenoxy) is 1. The van der Waals surface area contributed by atoms with Crippen LogP contribution in [0.1, 0.15) is 48.3 Å². The summed E-state index contributed by atoms with van der Waals surface area (Å²) in [5.74, 6) is 0.494. The number of benzene rings is 2. The second-order valence-electron chi connectivity index (χ2n) is 6.86. The molecule has 8 nitrogen and oxygen atoms in total. The number of unbranched alkanes of at least 4 members (excludes halogenated alkanes) is 1. The zero-order chi connectivity index (χ0) is 21.5. The molecule has 0 aliphatic rings. The number of amides is 1. The van der Waals surface area contributed by atoms with Gasteiger partial charge in [0.25, 0.3) is 11.6 Å². The van der Waals surface area contributed by atoms with Gasteiger partial charge in [-0.1, -0.05) is 31.9 Å². The minimum atomic E-state index is -0.457. The third-order valence-corrected chi connectivity index (χ3v) is 4.82. The number of hydrogen-bond acceptors (Lipinski definition) is 5. The first-order valence-corrected chi connectivity index (χ1v) is 9.77. The molecule has 1 heterocycles. The van der Waals surface area contributed by atoms with E-state index in [1.54, 1.807) is 31.5 Å². The van der Waals surface area contributed by atoms with Gasteiger partial charge in [-0.05, 0) is 42.3 Å². The van der Waals surface area contributed by atoms with E-state index in [4.69, 9.17) is 4.74 Å². The van der Waals surface area contributed by atoms with Crippen LogP contribution in [0, 0.1) is 10.1 Å². The van der Waals surface area contributed by atoms with Gasteiger partial charge < -0.3 is 10.1 Å². The van der Waals surface area contributed by atoms with Crippen molar-refractivity contribution in [3.8, 4) is 11.4 Å². The minimum Gasteiger partial charge on any atom is -0.497 e. The maximum atomic E-state index is 12.8. The quantitative estimate of drug-likeness (QED) is 0.416. The average molecular weight is 408 g/mol. The monoisotopic (exact) mass is 408 g/mol. The standard InChI is InChI=1S/C22H24N4O4/c1-3-4-5-20(16-6-12-19(30-2)13-7-16)23-22(27)21-14-15-25(24-21)17-8-10-18(11-9-17)26(28)29/h6-15,20H,3-5H2,1-2H3,(H,23,27). The van der Waals surface area contributed by atoms with Gasteiger partial charge in [-0.2, -0.15) is 5.10 Å². The lowest BCUT2D eigenvalue weighted by Crippen LogP contribution is -2.29. The Kier molecular flexibility index (Phi) is 6.79. The van der Waals surface area contributed by atoms with E-state index in [2.05, 4.69) is 17.3 Å². The van der Waals surface area contributed by atoms with Gasteiger partial charge in [-0.3, -0.25) is 14.9 Å². The molecule has 3 aromatic rings. The summed E-state index contributed by atoms with van der Waals surface area (Å²) in [6.45, 7) is 2.11. The second-order valence-corrected chi connectivity index (χ2v) is 6.86. The van der Waals surface area contributed by atoms with Crippen LogP contribution in [0.5, 0.6) is 5.75 Å². The smallest absolute Gasteiger partial charge is 0.272 e. The lowest BCUT2D eigenvalue weighted by atomic mass is 10.0. The van der Waals surface area contributed by atoms with E-state index in [1.165, 1.54) is 16.8 Å². The molecule has 0 fully saturated rings. The van der Waals surface area contributed by atoms with Crippen LogP contribution in [0.2, 0.25) is 0 Å². The van der Waals surface area contributed by atoms with Crippen LogP contribution in [0.4, 0.5) is 5.69 Å². The van der Waals surface area contributed by atoms with E-state index in [-0.39, 0.29) is 23.3 Å². The van der Waals surface area contributed by atoms with E-state index >= 15 is 0 Å². The van der Waals surface area contributed by atoms with Crippen molar-refractivity contribution in [3.05, 3.63) is 82.2 Å². The molecule has 0 aliphatic carbocycles. The lowest BCUT2D eigenvalue weighted by Gasteiger charge is -2.19. The number of hydrogen-bond donors (Lipinski definition) is 1. The Hall–Kier alpha value is -3.68. The summed E-state index contributed by atoms with van der Waals surface area (Å²) in [7, 11) is 1.62. The van der Waals surface area contributed by atoms with Gasteiger partial charge >= 0.3 is 0 Å². The summed E-state index contributed by atoms with van der Waals surface area (Å²) < 4.78 is 6.73. The van der Waals surface area contributed by atoms with Gasteiger partial charge in [-0.25, -0.2) is 4.68 Å². The molecule has 156 valence electrons. The fourth-order valence-electron chi connectivity index (χ4n) is 3.11. The number of nitrogens with zero attached hydrogens (tertiary/aromatic N) is 3. The summed E-state index contributed by atoms with van der Waals surface area (Å²) in [5, 5.41) is 18.2. The maximum absolute atomic E-state index is 12.8. The Bertz CT molecular complexity index is 997. The Labute approximate surface area is 174 Å². The Balaban J connectivity index is 1.74. The molecule has 8 heteroatoms. The first-order chi connectivity index (χ1) is 14.5. The van der Waals surface area contributed by atoms with E-state index in [1.807, 2.05) is 24.3 Å². The van der Waals surface area contributed by atoms with Crippen LogP contribution in [-0.4, -0.2) is 27.7 Å². The highest BCUT2D eigenvalue weighted by atomic mass is 16.6. The van der Waals surface area contributed by atoms with Crippen molar-refractivity contribution in [2.45, 2.75) is 32.2 Å². The largest absolute Gasteiger partial charge is 0.497 e. The molecule has 2 aromatic carbocycles. The van der Waals surface area contributed by atoms with Gasteiger partial charge in [0.05, 0.1) is 23.8 Å². The summed E-state index contributed by atoms with van der Waals surface area (Å²) in [6.07, 6.45) is 4.48. The zero-order valence-electron chi connectivity index (χ0n) is 16.9. The van der Waals surface area contributed by atoms with E-state index in [0.29, 0.717) is 5.69 Å². The van der Waals surface area contributed by atoms with Crippen LogP contribution >= 0.6 is 0 Å². The number of carbonyl (C=O) groups excluding carboxylic acids is 1. The molecule has 1 amide bonds. The number of aromatic nitrogens is 2. The highest BCUT2D eigenvalue weighted by Crippen LogP contribution is 2.23. The number of carbonyl (C=O) groups is 1. The van der Waals surface area contributed by atoms with Crippen molar-refractivity contribution in [3.63, 3.8) is 0 Å². The molecule has 0 aliphatic heterocycles. The predicted molar refractivity (Wildman–Crippen MR) is 113 cm³/mol. The Morgan fingerprint density at radius 1 is 1.17 bits per heavy atom. The SMILES string of the molecule is CCCCC(NC(=O)c1ccn(-c2ccc([N+](=O)[O-])cc2)n1)c1ccc(OC)cc1. The second kappa shape index (κ2) is 9.69. The molecule has 0 bridgehead atoms. The van der Waals surface area contributed by atoms with Gasteiger partial charge in [0.1, 0.15) is 5.75 Å². The predicted octanol–water partition coefficient (Wildman–Crippen LogP) is 4.45. The maximum Gasteiger partial charge on any atom is 0.272 e. The number of non-ortho nitro benzene ring substituents is 1. The molecular formula is C22H24N4O4. The van der Waals surface area contributed by atoms with Gasteiger partial charge in [-0.15, -0.1) is 0 Å². The third kappa shape index (κ3) is 5.02. The average Bonchev–Trinajstić information content (AvgIpc) is 3.27. The summed E-state index contributed by atoms with van der Waals surface area (Å²) in [6, 6.07) is 15.2. The molecule has 0 saturated carbocycles. The first-order valence-electron chi connectivity index (χ1n) is 9.77. The normalized spacial score (nSPS) is 11.7. The van der Waals surface area contributed by atoms with Crippen molar-refractivity contribution in [2.75, 3.05) is 7.11 Å². The number of rotatable bonds is 9. The van der Waals surface area contributed by atoms with Crippen LogP contribution in [-0.2, 0) is 0 Å². The van der Waals surface area contributed by atoms with E-state index < -0.39 is 4.92 Å². The highest BCUT2D eigenvalue weighted by molar-refractivity contribution is 5.92. The van der Waals surface area contributed by atoms with E-state index in [9.17, 15) is 14.9 Å². The van der Waals surface area contributed by atoms with Gasteiger partial charge in [0.2, 0.25) is 0 Å².